The molecule has 37 heavy (non-hydrogen) atoms. The molecule has 0 bridgehead atoms. The molecule has 1 fully saturated rings. The van der Waals surface area contributed by atoms with Crippen LogP contribution in [0.4, 0.5) is 25.1 Å². The Morgan fingerprint density at radius 3 is 2.62 bits per heavy atom. The molecule has 0 saturated carbocycles. The van der Waals surface area contributed by atoms with Gasteiger partial charge in [-0.1, -0.05) is 23.2 Å². The number of nitrogens with zero attached hydrogens (tertiary/aromatic N) is 6. The lowest BCUT2D eigenvalue weighted by Gasteiger charge is -2.41. The fraction of sp³-hybridized carbons (Fsp3) is 0.375. The van der Waals surface area contributed by atoms with E-state index in [1.165, 1.54) is 17.4 Å². The third-order valence-corrected chi connectivity index (χ3v) is 6.37. The van der Waals surface area contributed by atoms with E-state index in [1.54, 1.807) is 20.8 Å². The summed E-state index contributed by atoms with van der Waals surface area (Å²) < 4.78 is 36.0. The number of benzene rings is 1. The molecule has 0 radical (unpaired) electrons. The molecular weight excluding hydrogens is 527 g/mol. The number of anilines is 2. The van der Waals surface area contributed by atoms with Crippen molar-refractivity contribution in [3.8, 4) is 17.3 Å². The van der Waals surface area contributed by atoms with Crippen LogP contribution in [0.25, 0.3) is 22.2 Å². The average molecular weight is 550 g/mol. The van der Waals surface area contributed by atoms with E-state index >= 15 is 4.39 Å². The highest BCUT2D eigenvalue weighted by atomic mass is 35.5. The number of nitriles is 1. The second-order valence-electron chi connectivity index (χ2n) is 9.46. The first-order valence-electron chi connectivity index (χ1n) is 11.3. The van der Waals surface area contributed by atoms with Crippen molar-refractivity contribution >= 4 is 51.7 Å². The molecule has 1 saturated heterocycles. The summed E-state index contributed by atoms with van der Waals surface area (Å²) in [5, 5.41) is 9.23. The standard InChI is InChI=1S/C24H23Cl2F2N7O2/c1-24(2,3)37-23(36)35-7-6-34(10-12(35)4-5-29)22-13-9-31-21(18(28)20(13)32-11-33-22)16-17(27)14(25)8-15(26)19(16)30/h8-9,11-12H,4,6-7,10,30H2,1-3H3/t12-/m0/s1. The maximum atomic E-state index is 15.7. The summed E-state index contributed by atoms with van der Waals surface area (Å²) in [5.41, 5.74) is 4.15. The lowest BCUT2D eigenvalue weighted by molar-refractivity contribution is 0.0145. The van der Waals surface area contributed by atoms with E-state index < -0.39 is 35.1 Å². The molecular formula is C24H23Cl2F2N7O2. The Labute approximate surface area is 221 Å². The zero-order valence-corrected chi connectivity index (χ0v) is 21.7. The van der Waals surface area contributed by atoms with Gasteiger partial charge in [-0.3, -0.25) is 4.98 Å². The molecule has 2 aromatic heterocycles. The second kappa shape index (κ2) is 10.1. The van der Waals surface area contributed by atoms with Gasteiger partial charge in [-0.05, 0) is 26.8 Å². The van der Waals surface area contributed by atoms with Crippen LogP contribution in [0.3, 0.4) is 0 Å². The Kier molecular flexibility index (Phi) is 7.26. The van der Waals surface area contributed by atoms with Crippen molar-refractivity contribution in [1.29, 1.82) is 5.26 Å². The van der Waals surface area contributed by atoms with Crippen molar-refractivity contribution in [2.45, 2.75) is 38.8 Å². The number of nitrogen functional groups attached to an aromatic ring is 1. The van der Waals surface area contributed by atoms with E-state index in [-0.39, 0.29) is 51.7 Å². The molecule has 13 heteroatoms. The van der Waals surface area contributed by atoms with Gasteiger partial charge in [-0.25, -0.2) is 23.5 Å². The Hall–Kier alpha value is -3.49. The van der Waals surface area contributed by atoms with Gasteiger partial charge >= 0.3 is 6.09 Å². The number of aromatic nitrogens is 3. The second-order valence-corrected chi connectivity index (χ2v) is 10.3. The third kappa shape index (κ3) is 5.17. The van der Waals surface area contributed by atoms with Gasteiger partial charge in [-0.2, -0.15) is 5.26 Å². The number of halogens is 4. The maximum Gasteiger partial charge on any atom is 0.410 e. The maximum absolute atomic E-state index is 15.7. The number of fused-ring (bicyclic) bond motifs is 1. The topological polar surface area (TPSA) is 121 Å². The molecule has 2 N–H and O–H groups in total. The predicted octanol–water partition coefficient (Wildman–Crippen LogP) is 5.20. The molecule has 0 aliphatic carbocycles. The molecule has 1 aliphatic rings. The quantitative estimate of drug-likeness (QED) is 0.349. The molecule has 1 atom stereocenters. The number of amides is 1. The number of ether oxygens (including phenoxy) is 1. The first kappa shape index (κ1) is 26.6. The van der Waals surface area contributed by atoms with Gasteiger partial charge in [0.1, 0.15) is 29.0 Å². The fourth-order valence-electron chi connectivity index (χ4n) is 4.13. The van der Waals surface area contributed by atoms with Crippen LogP contribution in [0, 0.1) is 23.0 Å². The average Bonchev–Trinajstić information content (AvgIpc) is 2.83. The van der Waals surface area contributed by atoms with Gasteiger partial charge in [0, 0.05) is 25.8 Å². The van der Waals surface area contributed by atoms with Gasteiger partial charge in [0.15, 0.2) is 11.6 Å². The van der Waals surface area contributed by atoms with Crippen LogP contribution in [-0.2, 0) is 4.74 Å². The number of rotatable bonds is 3. The Balaban J connectivity index is 1.72. The van der Waals surface area contributed by atoms with E-state index in [0.717, 1.165) is 6.07 Å². The zero-order chi connectivity index (χ0) is 27.1. The molecule has 1 aliphatic heterocycles. The Morgan fingerprint density at radius 2 is 1.95 bits per heavy atom. The number of hydrogen-bond acceptors (Lipinski definition) is 8. The van der Waals surface area contributed by atoms with Gasteiger partial charge in [0.25, 0.3) is 0 Å². The predicted molar refractivity (Wildman–Crippen MR) is 136 cm³/mol. The van der Waals surface area contributed by atoms with Crippen LogP contribution >= 0.6 is 23.2 Å². The summed E-state index contributed by atoms with van der Waals surface area (Å²) in [4.78, 5) is 28.5. The lowest BCUT2D eigenvalue weighted by Crippen LogP contribution is -2.56. The van der Waals surface area contributed by atoms with E-state index in [1.807, 2.05) is 4.90 Å². The Morgan fingerprint density at radius 1 is 1.22 bits per heavy atom. The minimum absolute atomic E-state index is 0.0440. The number of piperazine rings is 1. The molecule has 3 aromatic rings. The van der Waals surface area contributed by atoms with E-state index in [9.17, 15) is 14.4 Å². The molecule has 9 nitrogen and oxygen atoms in total. The van der Waals surface area contributed by atoms with Crippen LogP contribution in [-0.4, -0.2) is 57.2 Å². The highest BCUT2D eigenvalue weighted by Gasteiger charge is 2.34. The SMILES string of the molecule is CC(C)(C)OC(=O)N1CCN(c2ncnc3c(F)c(-c4c(N)c(Cl)cc(Cl)c4F)ncc23)C[C@@H]1CC#N. The number of hydrogen-bond donors (Lipinski definition) is 1. The van der Waals surface area contributed by atoms with Gasteiger partial charge in [0.05, 0.1) is 45.2 Å². The van der Waals surface area contributed by atoms with Crippen molar-refractivity contribution in [1.82, 2.24) is 19.9 Å². The first-order valence-corrected chi connectivity index (χ1v) is 12.0. The van der Waals surface area contributed by atoms with Crippen molar-refractivity contribution in [3.63, 3.8) is 0 Å². The molecule has 0 unspecified atom stereocenters. The molecule has 3 heterocycles. The number of pyridine rings is 1. The van der Waals surface area contributed by atoms with Crippen molar-refractivity contribution in [3.05, 3.63) is 40.3 Å². The number of carbonyl (C=O) groups is 1. The van der Waals surface area contributed by atoms with Crippen molar-refractivity contribution in [2.75, 3.05) is 30.3 Å². The van der Waals surface area contributed by atoms with E-state index in [2.05, 4.69) is 21.0 Å². The van der Waals surface area contributed by atoms with Crippen LogP contribution < -0.4 is 10.6 Å². The summed E-state index contributed by atoms with van der Waals surface area (Å²) in [6, 6.07) is 2.74. The molecule has 194 valence electrons. The normalized spacial score (nSPS) is 16.1. The minimum Gasteiger partial charge on any atom is -0.444 e. The first-order chi connectivity index (χ1) is 17.4. The molecule has 0 spiro atoms. The van der Waals surface area contributed by atoms with Gasteiger partial charge in [0.2, 0.25) is 0 Å². The largest absolute Gasteiger partial charge is 0.444 e. The van der Waals surface area contributed by atoms with Crippen molar-refractivity contribution in [2.24, 2.45) is 0 Å². The summed E-state index contributed by atoms with van der Waals surface area (Å²) in [7, 11) is 0. The highest BCUT2D eigenvalue weighted by Crippen LogP contribution is 2.40. The van der Waals surface area contributed by atoms with Gasteiger partial charge < -0.3 is 20.3 Å². The number of carbonyl (C=O) groups excluding carboxylic acids is 1. The van der Waals surface area contributed by atoms with Crippen LogP contribution in [0.1, 0.15) is 27.2 Å². The smallest absolute Gasteiger partial charge is 0.410 e. The third-order valence-electron chi connectivity index (χ3n) is 5.78. The molecule has 1 amide bonds. The monoisotopic (exact) mass is 549 g/mol. The minimum atomic E-state index is -0.957. The van der Waals surface area contributed by atoms with Crippen LogP contribution in [0.5, 0.6) is 0 Å². The lowest BCUT2D eigenvalue weighted by atomic mass is 10.1. The summed E-state index contributed by atoms with van der Waals surface area (Å²) in [6.07, 6.45) is 2.03. The molecule has 1 aromatic carbocycles. The summed E-state index contributed by atoms with van der Waals surface area (Å²) >= 11 is 11.9. The highest BCUT2D eigenvalue weighted by molar-refractivity contribution is 6.37. The van der Waals surface area contributed by atoms with Crippen LogP contribution in [0.15, 0.2) is 18.6 Å². The zero-order valence-electron chi connectivity index (χ0n) is 20.2. The van der Waals surface area contributed by atoms with E-state index in [4.69, 9.17) is 33.7 Å². The number of nitrogens with two attached hydrogens (primary N) is 1. The van der Waals surface area contributed by atoms with Crippen molar-refractivity contribution < 1.29 is 18.3 Å². The Bertz CT molecular complexity index is 1400. The summed E-state index contributed by atoms with van der Waals surface area (Å²) in [6.45, 7) is 6.12. The van der Waals surface area contributed by atoms with E-state index in [0.29, 0.717) is 12.4 Å². The fourth-order valence-corrected chi connectivity index (χ4v) is 4.60. The van der Waals surface area contributed by atoms with Crippen LogP contribution in [0.2, 0.25) is 10.0 Å². The van der Waals surface area contributed by atoms with Gasteiger partial charge in [-0.15, -0.1) is 0 Å². The molecule has 4 rings (SSSR count). The summed E-state index contributed by atoms with van der Waals surface area (Å²) in [5.74, 6) is -1.53.